The van der Waals surface area contributed by atoms with E-state index in [0.29, 0.717) is 27.2 Å². The predicted octanol–water partition coefficient (Wildman–Crippen LogP) is 1.92. The average molecular weight is 250 g/mol. The van der Waals surface area contributed by atoms with Crippen LogP contribution >= 0.6 is 0 Å². The van der Waals surface area contributed by atoms with Crippen molar-refractivity contribution in [2.75, 3.05) is 11.5 Å². The van der Waals surface area contributed by atoms with Gasteiger partial charge in [0.05, 0.1) is 16.2 Å². The molecule has 0 aliphatic carbocycles. The molecule has 0 saturated carbocycles. The molecule has 4 nitrogen and oxygen atoms in total. The molecule has 0 aliphatic heterocycles. The number of aryl methyl sites for hydroxylation is 1. The molecule has 2 rings (SSSR count). The second kappa shape index (κ2) is 4.00. The maximum Gasteiger partial charge on any atom is 0.178 e. The maximum atomic E-state index is 12.0. The van der Waals surface area contributed by atoms with E-state index in [9.17, 15) is 8.42 Å². The third-order valence-electron chi connectivity index (χ3n) is 2.64. The fraction of sp³-hybridized carbons (Fsp3) is 0.250. The molecule has 0 amide bonds. The molecule has 0 saturated heterocycles. The van der Waals surface area contributed by atoms with Gasteiger partial charge in [-0.1, -0.05) is 6.92 Å². The van der Waals surface area contributed by atoms with Crippen LogP contribution in [0.1, 0.15) is 12.6 Å². The number of rotatable bonds is 2. The van der Waals surface area contributed by atoms with Crippen LogP contribution in [0, 0.1) is 6.92 Å². The quantitative estimate of drug-likeness (QED) is 0.826. The molecule has 0 fully saturated rings. The van der Waals surface area contributed by atoms with Gasteiger partial charge < -0.3 is 5.73 Å². The van der Waals surface area contributed by atoms with Gasteiger partial charge in [-0.15, -0.1) is 0 Å². The van der Waals surface area contributed by atoms with Crippen molar-refractivity contribution < 1.29 is 8.42 Å². The third-order valence-corrected chi connectivity index (χ3v) is 4.41. The lowest BCUT2D eigenvalue weighted by molar-refractivity contribution is 0.598. The first-order chi connectivity index (χ1) is 7.94. The molecule has 0 bridgehead atoms. The number of nitrogens with zero attached hydrogens (tertiary/aromatic N) is 1. The smallest absolute Gasteiger partial charge is 0.178 e. The number of nitrogens with two attached hydrogens (primary N) is 1. The van der Waals surface area contributed by atoms with Gasteiger partial charge in [0.15, 0.2) is 9.84 Å². The molecule has 5 heteroatoms. The van der Waals surface area contributed by atoms with E-state index in [0.717, 1.165) is 0 Å². The van der Waals surface area contributed by atoms with E-state index in [1.165, 1.54) is 0 Å². The van der Waals surface area contributed by atoms with Gasteiger partial charge in [0.25, 0.3) is 0 Å². The highest BCUT2D eigenvalue weighted by Gasteiger charge is 2.16. The predicted molar refractivity (Wildman–Crippen MR) is 68.6 cm³/mol. The van der Waals surface area contributed by atoms with Crippen LogP contribution < -0.4 is 5.73 Å². The standard InChI is InChI=1S/C12H14N2O2S/c1-3-17(15,16)12-6-8(2)14-11-5-4-9(13)7-10(11)12/h4-7H,3,13H2,1-2H3. The Morgan fingerprint density at radius 3 is 2.65 bits per heavy atom. The number of benzene rings is 1. The van der Waals surface area contributed by atoms with Crippen molar-refractivity contribution in [3.8, 4) is 0 Å². The van der Waals surface area contributed by atoms with E-state index < -0.39 is 9.84 Å². The largest absolute Gasteiger partial charge is 0.399 e. The Morgan fingerprint density at radius 2 is 2.00 bits per heavy atom. The minimum atomic E-state index is -3.26. The monoisotopic (exact) mass is 250 g/mol. The Morgan fingerprint density at radius 1 is 1.29 bits per heavy atom. The van der Waals surface area contributed by atoms with Gasteiger partial charge in [-0.3, -0.25) is 4.98 Å². The number of pyridine rings is 1. The average Bonchev–Trinajstić information content (AvgIpc) is 2.28. The molecule has 0 spiro atoms. The fourth-order valence-corrected chi connectivity index (χ4v) is 2.91. The van der Waals surface area contributed by atoms with Crippen LogP contribution in [0.25, 0.3) is 10.9 Å². The summed E-state index contributed by atoms with van der Waals surface area (Å²) in [7, 11) is -3.26. The number of hydrogen-bond donors (Lipinski definition) is 1. The van der Waals surface area contributed by atoms with E-state index in [-0.39, 0.29) is 5.75 Å². The minimum absolute atomic E-state index is 0.0698. The summed E-state index contributed by atoms with van der Waals surface area (Å²) >= 11 is 0. The van der Waals surface area contributed by atoms with Crippen molar-refractivity contribution in [1.29, 1.82) is 0 Å². The number of sulfone groups is 1. The minimum Gasteiger partial charge on any atom is -0.399 e. The molecule has 2 aromatic rings. The molecule has 0 aliphatic rings. The Labute approximate surface area is 100 Å². The van der Waals surface area contributed by atoms with Gasteiger partial charge in [-0.05, 0) is 31.2 Å². The first kappa shape index (κ1) is 11.9. The topological polar surface area (TPSA) is 73.0 Å². The van der Waals surface area contributed by atoms with Crippen LogP contribution in [0.4, 0.5) is 5.69 Å². The Kier molecular flexibility index (Phi) is 2.79. The molecule has 1 aromatic heterocycles. The van der Waals surface area contributed by atoms with Crippen LogP contribution in [0.15, 0.2) is 29.2 Å². The highest BCUT2D eigenvalue weighted by Crippen LogP contribution is 2.25. The summed E-state index contributed by atoms with van der Waals surface area (Å²) in [6, 6.07) is 6.72. The number of hydrogen-bond acceptors (Lipinski definition) is 4. The molecule has 2 N–H and O–H groups in total. The van der Waals surface area contributed by atoms with E-state index >= 15 is 0 Å². The molecule has 0 atom stereocenters. The lowest BCUT2D eigenvalue weighted by Gasteiger charge is -2.08. The van der Waals surface area contributed by atoms with Gasteiger partial charge in [0, 0.05) is 16.8 Å². The normalized spacial score (nSPS) is 11.9. The van der Waals surface area contributed by atoms with Crippen LogP contribution in [-0.2, 0) is 9.84 Å². The first-order valence-corrected chi connectivity index (χ1v) is 6.99. The van der Waals surface area contributed by atoms with Crippen molar-refractivity contribution in [2.24, 2.45) is 0 Å². The van der Waals surface area contributed by atoms with Gasteiger partial charge in [-0.25, -0.2) is 8.42 Å². The fourth-order valence-electron chi connectivity index (χ4n) is 1.75. The summed E-state index contributed by atoms with van der Waals surface area (Å²) in [6.07, 6.45) is 0. The molecule has 90 valence electrons. The zero-order chi connectivity index (χ0) is 12.6. The molecule has 0 unspecified atom stereocenters. The van der Waals surface area contributed by atoms with Crippen molar-refractivity contribution in [3.63, 3.8) is 0 Å². The summed E-state index contributed by atoms with van der Waals surface area (Å²) < 4.78 is 24.0. The molecule has 1 aromatic carbocycles. The Balaban J connectivity index is 2.91. The van der Waals surface area contributed by atoms with E-state index in [2.05, 4.69) is 4.98 Å². The van der Waals surface area contributed by atoms with Crippen molar-refractivity contribution >= 4 is 26.4 Å². The SMILES string of the molecule is CCS(=O)(=O)c1cc(C)nc2ccc(N)cc12. The van der Waals surface area contributed by atoms with Crippen LogP contribution in [0.5, 0.6) is 0 Å². The zero-order valence-corrected chi connectivity index (χ0v) is 10.6. The molecular weight excluding hydrogens is 236 g/mol. The Bertz CT molecular complexity index is 678. The highest BCUT2D eigenvalue weighted by atomic mass is 32.2. The first-order valence-electron chi connectivity index (χ1n) is 5.33. The van der Waals surface area contributed by atoms with Gasteiger partial charge in [0.1, 0.15) is 0 Å². The van der Waals surface area contributed by atoms with E-state index in [1.54, 1.807) is 38.1 Å². The molecule has 1 heterocycles. The van der Waals surface area contributed by atoms with E-state index in [1.807, 2.05) is 0 Å². The summed E-state index contributed by atoms with van der Waals surface area (Å²) in [5.74, 6) is 0.0698. The number of aromatic nitrogens is 1. The van der Waals surface area contributed by atoms with Gasteiger partial charge in [-0.2, -0.15) is 0 Å². The second-order valence-electron chi connectivity index (χ2n) is 3.94. The van der Waals surface area contributed by atoms with Gasteiger partial charge in [0.2, 0.25) is 0 Å². The lowest BCUT2D eigenvalue weighted by Crippen LogP contribution is -2.06. The van der Waals surface area contributed by atoms with Crippen LogP contribution in [0.2, 0.25) is 0 Å². The van der Waals surface area contributed by atoms with E-state index in [4.69, 9.17) is 5.73 Å². The summed E-state index contributed by atoms with van der Waals surface area (Å²) in [4.78, 5) is 4.62. The van der Waals surface area contributed by atoms with Crippen LogP contribution in [-0.4, -0.2) is 19.2 Å². The van der Waals surface area contributed by atoms with Crippen LogP contribution in [0.3, 0.4) is 0 Å². The number of nitrogen functional groups attached to an aromatic ring is 1. The maximum absolute atomic E-state index is 12.0. The Hall–Kier alpha value is -1.62. The van der Waals surface area contributed by atoms with Crippen molar-refractivity contribution in [1.82, 2.24) is 4.98 Å². The highest BCUT2D eigenvalue weighted by molar-refractivity contribution is 7.91. The lowest BCUT2D eigenvalue weighted by atomic mass is 10.2. The third kappa shape index (κ3) is 2.10. The second-order valence-corrected chi connectivity index (χ2v) is 6.19. The summed E-state index contributed by atoms with van der Waals surface area (Å²) in [5.41, 5.74) is 7.58. The molecule has 17 heavy (non-hydrogen) atoms. The van der Waals surface area contributed by atoms with Gasteiger partial charge >= 0.3 is 0 Å². The molecular formula is C12H14N2O2S. The number of anilines is 1. The van der Waals surface area contributed by atoms with Crippen molar-refractivity contribution in [3.05, 3.63) is 30.0 Å². The zero-order valence-electron chi connectivity index (χ0n) is 9.77. The summed E-state index contributed by atoms with van der Waals surface area (Å²) in [5, 5.41) is 0.595. The molecule has 0 radical (unpaired) electrons. The van der Waals surface area contributed by atoms with Crippen molar-refractivity contribution in [2.45, 2.75) is 18.7 Å². The summed E-state index contributed by atoms with van der Waals surface area (Å²) in [6.45, 7) is 3.41. The number of fused-ring (bicyclic) bond motifs is 1.